The van der Waals surface area contributed by atoms with Gasteiger partial charge in [0.15, 0.2) is 0 Å². The Hall–Kier alpha value is -2.34. The number of aromatic nitrogens is 2. The Kier molecular flexibility index (Phi) is 5.93. The van der Waals surface area contributed by atoms with Crippen molar-refractivity contribution in [2.24, 2.45) is 0 Å². The van der Waals surface area contributed by atoms with Gasteiger partial charge in [-0.05, 0) is 43.9 Å². The molecule has 0 bridgehead atoms. The molecule has 0 spiro atoms. The van der Waals surface area contributed by atoms with Crippen LogP contribution in [0.3, 0.4) is 0 Å². The smallest absolute Gasteiger partial charge is 0.275 e. The number of piperidine rings is 1. The molecule has 1 fully saturated rings. The van der Waals surface area contributed by atoms with Crippen LogP contribution in [0.15, 0.2) is 30.6 Å². The van der Waals surface area contributed by atoms with Gasteiger partial charge >= 0.3 is 0 Å². The van der Waals surface area contributed by atoms with E-state index in [0.717, 1.165) is 18.8 Å². The predicted octanol–water partition coefficient (Wildman–Crippen LogP) is 4.16. The first-order valence-corrected chi connectivity index (χ1v) is 9.23. The summed E-state index contributed by atoms with van der Waals surface area (Å²) >= 11 is 6.08. The number of halogens is 1. The summed E-state index contributed by atoms with van der Waals surface area (Å²) in [5, 5.41) is 3.21. The lowest BCUT2D eigenvalue weighted by molar-refractivity contribution is 0.102. The van der Waals surface area contributed by atoms with Crippen molar-refractivity contribution in [2.45, 2.75) is 38.6 Å². The number of hydrogen-bond donors (Lipinski definition) is 1. The van der Waals surface area contributed by atoms with Crippen LogP contribution in [0.4, 0.5) is 11.5 Å². The molecule has 6 nitrogen and oxygen atoms in total. The van der Waals surface area contributed by atoms with Gasteiger partial charge in [-0.1, -0.05) is 18.5 Å². The zero-order valence-electron chi connectivity index (χ0n) is 15.0. The lowest BCUT2D eigenvalue weighted by Crippen LogP contribution is -2.39. The van der Waals surface area contributed by atoms with E-state index in [1.54, 1.807) is 31.5 Å². The Morgan fingerprint density at radius 2 is 2.19 bits per heavy atom. The van der Waals surface area contributed by atoms with Crippen molar-refractivity contribution in [3.63, 3.8) is 0 Å². The van der Waals surface area contributed by atoms with E-state index < -0.39 is 0 Å². The number of hydrogen-bond acceptors (Lipinski definition) is 5. The molecule has 2 heterocycles. The normalized spacial score (nSPS) is 17.0. The lowest BCUT2D eigenvalue weighted by atomic mass is 10.0. The van der Waals surface area contributed by atoms with E-state index in [1.165, 1.54) is 25.5 Å². The Morgan fingerprint density at radius 3 is 2.85 bits per heavy atom. The zero-order valence-corrected chi connectivity index (χ0v) is 15.8. The molecule has 1 unspecified atom stereocenters. The van der Waals surface area contributed by atoms with Crippen LogP contribution in [0, 0.1) is 0 Å². The topological polar surface area (TPSA) is 67.4 Å². The van der Waals surface area contributed by atoms with E-state index in [1.807, 2.05) is 0 Å². The van der Waals surface area contributed by atoms with E-state index in [0.29, 0.717) is 22.5 Å². The quantitative estimate of drug-likeness (QED) is 0.851. The Balaban J connectivity index is 1.69. The highest BCUT2D eigenvalue weighted by Crippen LogP contribution is 2.27. The third kappa shape index (κ3) is 4.07. The summed E-state index contributed by atoms with van der Waals surface area (Å²) in [5.41, 5.74) is 0.847. The van der Waals surface area contributed by atoms with E-state index in [-0.39, 0.29) is 11.6 Å². The van der Waals surface area contributed by atoms with Gasteiger partial charge in [0, 0.05) is 18.3 Å². The van der Waals surface area contributed by atoms with E-state index in [4.69, 9.17) is 16.3 Å². The SMILES string of the molecule is CCC1CCCCN1c1cnc(C(=O)Nc2ccc(OC)c(Cl)c2)cn1. The number of anilines is 2. The molecule has 0 radical (unpaired) electrons. The van der Waals surface area contributed by atoms with Crippen molar-refractivity contribution in [1.82, 2.24) is 9.97 Å². The van der Waals surface area contributed by atoms with Gasteiger partial charge in [-0.2, -0.15) is 0 Å². The zero-order chi connectivity index (χ0) is 18.5. The minimum absolute atomic E-state index is 0.269. The van der Waals surface area contributed by atoms with Crippen molar-refractivity contribution in [2.75, 3.05) is 23.9 Å². The predicted molar refractivity (Wildman–Crippen MR) is 103 cm³/mol. The van der Waals surface area contributed by atoms with E-state index >= 15 is 0 Å². The van der Waals surface area contributed by atoms with E-state index in [9.17, 15) is 4.79 Å². The van der Waals surface area contributed by atoms with Crippen LogP contribution in [-0.4, -0.2) is 35.6 Å². The molecule has 1 N–H and O–H groups in total. The van der Waals surface area contributed by atoms with Crippen molar-refractivity contribution >= 4 is 29.0 Å². The number of methoxy groups -OCH3 is 1. The van der Waals surface area contributed by atoms with Gasteiger partial charge in [-0.25, -0.2) is 9.97 Å². The highest BCUT2D eigenvalue weighted by Gasteiger charge is 2.22. The molecule has 1 aromatic carbocycles. The molecule has 26 heavy (non-hydrogen) atoms. The first-order valence-electron chi connectivity index (χ1n) is 8.86. The van der Waals surface area contributed by atoms with Crippen molar-refractivity contribution in [1.29, 1.82) is 0 Å². The number of carbonyl (C=O) groups is 1. The minimum Gasteiger partial charge on any atom is -0.495 e. The molecule has 1 saturated heterocycles. The first kappa shape index (κ1) is 18.5. The molecule has 1 aliphatic rings. The maximum absolute atomic E-state index is 12.4. The number of rotatable bonds is 5. The Labute approximate surface area is 158 Å². The van der Waals surface area contributed by atoms with Crippen molar-refractivity contribution in [3.8, 4) is 5.75 Å². The van der Waals surface area contributed by atoms with Crippen LogP contribution in [0.1, 0.15) is 43.1 Å². The molecule has 0 saturated carbocycles. The third-order valence-electron chi connectivity index (χ3n) is 4.67. The van der Waals surface area contributed by atoms with Gasteiger partial charge in [0.1, 0.15) is 17.3 Å². The highest BCUT2D eigenvalue weighted by atomic mass is 35.5. The second-order valence-electron chi connectivity index (χ2n) is 6.31. The van der Waals surface area contributed by atoms with Gasteiger partial charge in [0.05, 0.1) is 24.5 Å². The number of nitrogens with zero attached hydrogens (tertiary/aromatic N) is 3. The molecule has 1 atom stereocenters. The third-order valence-corrected chi connectivity index (χ3v) is 4.97. The molecular formula is C19H23ClN4O2. The van der Waals surface area contributed by atoms with Crippen molar-refractivity contribution in [3.05, 3.63) is 41.3 Å². The summed E-state index contributed by atoms with van der Waals surface area (Å²) in [6.07, 6.45) is 7.90. The molecular weight excluding hydrogens is 352 g/mol. The summed E-state index contributed by atoms with van der Waals surface area (Å²) in [6, 6.07) is 5.57. The maximum atomic E-state index is 12.4. The van der Waals surface area contributed by atoms with Crippen LogP contribution in [0.2, 0.25) is 5.02 Å². The minimum atomic E-state index is -0.323. The first-order chi connectivity index (χ1) is 12.6. The van der Waals surface area contributed by atoms with Gasteiger partial charge in [-0.3, -0.25) is 4.79 Å². The summed E-state index contributed by atoms with van der Waals surface area (Å²) in [7, 11) is 1.54. The van der Waals surface area contributed by atoms with E-state index in [2.05, 4.69) is 27.1 Å². The Morgan fingerprint density at radius 1 is 1.35 bits per heavy atom. The molecule has 2 aromatic rings. The van der Waals surface area contributed by atoms with Gasteiger partial charge < -0.3 is 15.0 Å². The van der Waals surface area contributed by atoms with Gasteiger partial charge in [0.25, 0.3) is 5.91 Å². The highest BCUT2D eigenvalue weighted by molar-refractivity contribution is 6.32. The number of carbonyl (C=O) groups excluding carboxylic acids is 1. The van der Waals surface area contributed by atoms with Gasteiger partial charge in [0.2, 0.25) is 0 Å². The van der Waals surface area contributed by atoms with Crippen LogP contribution in [0.25, 0.3) is 0 Å². The van der Waals surface area contributed by atoms with Crippen molar-refractivity contribution < 1.29 is 9.53 Å². The number of nitrogens with one attached hydrogen (secondary N) is 1. The second kappa shape index (κ2) is 8.36. The van der Waals surface area contributed by atoms with Crippen LogP contribution in [-0.2, 0) is 0 Å². The monoisotopic (exact) mass is 374 g/mol. The number of amides is 1. The number of ether oxygens (including phenoxy) is 1. The molecule has 1 amide bonds. The average molecular weight is 375 g/mol. The fraction of sp³-hybridized carbons (Fsp3) is 0.421. The summed E-state index contributed by atoms with van der Waals surface area (Å²) in [4.78, 5) is 23.4. The lowest BCUT2D eigenvalue weighted by Gasteiger charge is -2.35. The molecule has 138 valence electrons. The largest absolute Gasteiger partial charge is 0.495 e. The average Bonchev–Trinajstić information content (AvgIpc) is 2.68. The Bertz CT molecular complexity index is 767. The summed E-state index contributed by atoms with van der Waals surface area (Å²) in [6.45, 7) is 3.18. The number of benzene rings is 1. The molecule has 7 heteroatoms. The maximum Gasteiger partial charge on any atom is 0.275 e. The van der Waals surface area contributed by atoms with Crippen LogP contribution in [0.5, 0.6) is 5.75 Å². The fourth-order valence-corrected chi connectivity index (χ4v) is 3.51. The molecule has 1 aliphatic heterocycles. The van der Waals surface area contributed by atoms with Gasteiger partial charge in [-0.15, -0.1) is 0 Å². The molecule has 0 aliphatic carbocycles. The second-order valence-corrected chi connectivity index (χ2v) is 6.72. The summed E-state index contributed by atoms with van der Waals surface area (Å²) < 4.78 is 5.11. The van der Waals surface area contributed by atoms with Crippen LogP contribution < -0.4 is 15.0 Å². The standard InChI is InChI=1S/C19H23ClN4O2/c1-3-14-6-4-5-9-24(14)18-12-21-16(11-22-18)19(25)23-13-7-8-17(26-2)15(20)10-13/h7-8,10-12,14H,3-6,9H2,1-2H3,(H,23,25). The molecule has 1 aromatic heterocycles. The fourth-order valence-electron chi connectivity index (χ4n) is 3.25. The summed E-state index contributed by atoms with van der Waals surface area (Å²) in [5.74, 6) is 1.07. The molecule has 3 rings (SSSR count). The van der Waals surface area contributed by atoms with Crippen LogP contribution >= 0.6 is 11.6 Å².